The van der Waals surface area contributed by atoms with E-state index in [4.69, 9.17) is 15.0 Å². The topological polar surface area (TPSA) is 38.7 Å². The third kappa shape index (κ3) is 5.38. The number of nitrogens with zero attached hydrogens (tertiary/aromatic N) is 3. The molecule has 4 heterocycles. The van der Waals surface area contributed by atoms with Crippen LogP contribution in [-0.4, -0.2) is 15.0 Å². The van der Waals surface area contributed by atoms with Crippen molar-refractivity contribution in [3.05, 3.63) is 188 Å². The Labute approximate surface area is 321 Å². The van der Waals surface area contributed by atoms with Crippen LogP contribution in [0.1, 0.15) is 0 Å². The van der Waals surface area contributed by atoms with E-state index in [0.29, 0.717) is 0 Å². The Bertz CT molecular complexity index is 3240. The number of hydrogen-bond donors (Lipinski definition) is 0. The van der Waals surface area contributed by atoms with Gasteiger partial charge in [-0.25, -0.2) is 15.0 Å². The van der Waals surface area contributed by atoms with Crippen molar-refractivity contribution < 1.29 is 0 Å². The van der Waals surface area contributed by atoms with Crippen LogP contribution < -0.4 is 0 Å². The summed E-state index contributed by atoms with van der Waals surface area (Å²) in [5, 5.41) is 5.82. The van der Waals surface area contributed by atoms with Gasteiger partial charge in [-0.3, -0.25) is 0 Å². The molecule has 7 aromatic carbocycles. The number of para-hydroxylation sites is 1. The maximum absolute atomic E-state index is 5.57. The van der Waals surface area contributed by atoms with Crippen molar-refractivity contribution in [2.75, 3.05) is 0 Å². The first kappa shape index (κ1) is 31.5. The number of aromatic nitrogens is 3. The second-order valence-corrected chi connectivity index (χ2v) is 15.0. The monoisotopic (exact) mass is 717 g/mol. The molecule has 55 heavy (non-hydrogen) atoms. The molecule has 256 valence electrons. The van der Waals surface area contributed by atoms with Crippen LogP contribution in [0, 0.1) is 0 Å². The van der Waals surface area contributed by atoms with Gasteiger partial charge >= 0.3 is 0 Å². The molecule has 11 rings (SSSR count). The summed E-state index contributed by atoms with van der Waals surface area (Å²) in [6.07, 6.45) is 0. The lowest BCUT2D eigenvalue weighted by Crippen LogP contribution is -1.93. The molecule has 0 aliphatic heterocycles. The standard InChI is InChI=1S/C51H31N3S/c1-3-11-32(12-4-1)33-21-23-34(24-22-33)40-18-10-19-42-46-41-17-7-8-20-45(41)55-51(46)49(54-50(40)42)39-16-9-15-38(31-39)44-30-28-37-26-25-36-27-29-43(35-13-5-2-6-14-35)52-47(36)48(37)53-44/h1-31H. The Hall–Kier alpha value is -7.01. The molecule has 4 heteroatoms. The third-order valence-corrected chi connectivity index (χ3v) is 11.8. The van der Waals surface area contributed by atoms with Crippen molar-refractivity contribution in [3.8, 4) is 56.0 Å². The van der Waals surface area contributed by atoms with Crippen molar-refractivity contribution in [3.63, 3.8) is 0 Å². The van der Waals surface area contributed by atoms with Gasteiger partial charge in [0.25, 0.3) is 0 Å². The highest BCUT2D eigenvalue weighted by molar-refractivity contribution is 7.26. The van der Waals surface area contributed by atoms with Crippen LogP contribution in [0.25, 0.3) is 109 Å². The summed E-state index contributed by atoms with van der Waals surface area (Å²) in [6, 6.07) is 66.6. The normalized spacial score (nSPS) is 11.6. The smallest absolute Gasteiger partial charge is 0.0972 e. The molecule has 0 N–H and O–H groups in total. The predicted octanol–water partition coefficient (Wildman–Crippen LogP) is 14.0. The van der Waals surface area contributed by atoms with Gasteiger partial charge in [-0.1, -0.05) is 164 Å². The van der Waals surface area contributed by atoms with Gasteiger partial charge in [0.2, 0.25) is 0 Å². The molecule has 0 bridgehead atoms. The number of thiophene rings is 1. The molecule has 0 atom stereocenters. The molecule has 0 spiro atoms. The van der Waals surface area contributed by atoms with Crippen LogP contribution in [-0.2, 0) is 0 Å². The molecule has 0 aliphatic carbocycles. The minimum Gasteiger partial charge on any atom is -0.246 e. The number of pyridine rings is 3. The molecule has 0 unspecified atom stereocenters. The van der Waals surface area contributed by atoms with Crippen LogP contribution in [0.5, 0.6) is 0 Å². The second-order valence-electron chi connectivity index (χ2n) is 14.0. The van der Waals surface area contributed by atoms with Crippen molar-refractivity contribution in [1.82, 2.24) is 15.0 Å². The molecule has 11 aromatic rings. The molecular weight excluding hydrogens is 687 g/mol. The first-order valence-corrected chi connectivity index (χ1v) is 19.3. The van der Waals surface area contributed by atoms with Gasteiger partial charge in [-0.05, 0) is 41.0 Å². The largest absolute Gasteiger partial charge is 0.246 e. The van der Waals surface area contributed by atoms with Gasteiger partial charge in [0.05, 0.1) is 38.3 Å². The van der Waals surface area contributed by atoms with E-state index in [9.17, 15) is 0 Å². The Morgan fingerprint density at radius 3 is 1.64 bits per heavy atom. The van der Waals surface area contributed by atoms with Crippen molar-refractivity contribution >= 4 is 64.2 Å². The van der Waals surface area contributed by atoms with Crippen LogP contribution in [0.2, 0.25) is 0 Å². The van der Waals surface area contributed by atoms with E-state index in [1.807, 2.05) is 17.4 Å². The average molecular weight is 718 g/mol. The second kappa shape index (κ2) is 12.8. The zero-order valence-electron chi connectivity index (χ0n) is 29.6. The van der Waals surface area contributed by atoms with E-state index < -0.39 is 0 Å². The summed E-state index contributed by atoms with van der Waals surface area (Å²) >= 11 is 1.82. The highest BCUT2D eigenvalue weighted by atomic mass is 32.1. The Balaban J connectivity index is 1.08. The molecular formula is C51H31N3S. The first-order chi connectivity index (χ1) is 27.2. The van der Waals surface area contributed by atoms with E-state index in [1.54, 1.807) is 0 Å². The summed E-state index contributed by atoms with van der Waals surface area (Å²) < 4.78 is 2.45. The Kier molecular flexibility index (Phi) is 7.35. The molecule has 3 nitrogen and oxygen atoms in total. The maximum Gasteiger partial charge on any atom is 0.0972 e. The number of rotatable bonds is 5. The van der Waals surface area contributed by atoms with Gasteiger partial charge in [0, 0.05) is 53.9 Å². The summed E-state index contributed by atoms with van der Waals surface area (Å²) in [7, 11) is 0. The van der Waals surface area contributed by atoms with E-state index >= 15 is 0 Å². The zero-order valence-corrected chi connectivity index (χ0v) is 30.5. The van der Waals surface area contributed by atoms with Gasteiger partial charge in [-0.2, -0.15) is 0 Å². The molecule has 0 saturated heterocycles. The lowest BCUT2D eigenvalue weighted by atomic mass is 9.96. The van der Waals surface area contributed by atoms with Crippen molar-refractivity contribution in [1.29, 1.82) is 0 Å². The predicted molar refractivity (Wildman–Crippen MR) is 232 cm³/mol. The van der Waals surface area contributed by atoms with Crippen molar-refractivity contribution in [2.24, 2.45) is 0 Å². The lowest BCUT2D eigenvalue weighted by Gasteiger charge is -2.13. The molecule has 0 aliphatic rings. The van der Waals surface area contributed by atoms with Crippen LogP contribution in [0.3, 0.4) is 0 Å². The van der Waals surface area contributed by atoms with Crippen molar-refractivity contribution in [2.45, 2.75) is 0 Å². The average Bonchev–Trinajstić information content (AvgIpc) is 3.66. The lowest BCUT2D eigenvalue weighted by molar-refractivity contribution is 1.36. The highest BCUT2D eigenvalue weighted by Crippen LogP contribution is 2.45. The number of benzene rings is 7. The van der Waals surface area contributed by atoms with E-state index in [1.165, 1.54) is 36.7 Å². The Morgan fingerprint density at radius 2 is 0.891 bits per heavy atom. The Morgan fingerprint density at radius 1 is 0.345 bits per heavy atom. The van der Waals surface area contributed by atoms with Crippen LogP contribution >= 0.6 is 11.3 Å². The molecule has 0 amide bonds. The van der Waals surface area contributed by atoms with Gasteiger partial charge in [0.15, 0.2) is 0 Å². The number of fused-ring (bicyclic) bond motifs is 8. The van der Waals surface area contributed by atoms with Gasteiger partial charge in [-0.15, -0.1) is 11.3 Å². The summed E-state index contributed by atoms with van der Waals surface area (Å²) in [4.78, 5) is 16.0. The molecule has 4 aromatic heterocycles. The first-order valence-electron chi connectivity index (χ1n) is 18.5. The fourth-order valence-corrected chi connectivity index (χ4v) is 9.16. The molecule has 0 saturated carbocycles. The van der Waals surface area contributed by atoms with E-state index in [2.05, 4.69) is 182 Å². The summed E-state index contributed by atoms with van der Waals surface area (Å²) in [6.45, 7) is 0. The summed E-state index contributed by atoms with van der Waals surface area (Å²) in [5.41, 5.74) is 13.5. The van der Waals surface area contributed by atoms with Crippen LogP contribution in [0.15, 0.2) is 188 Å². The van der Waals surface area contributed by atoms with Gasteiger partial charge < -0.3 is 0 Å². The van der Waals surface area contributed by atoms with Crippen LogP contribution in [0.4, 0.5) is 0 Å². The molecule has 0 radical (unpaired) electrons. The zero-order chi connectivity index (χ0) is 36.3. The minimum absolute atomic E-state index is 0.900. The van der Waals surface area contributed by atoms with E-state index in [0.717, 1.165) is 72.2 Å². The molecule has 0 fully saturated rings. The van der Waals surface area contributed by atoms with Gasteiger partial charge in [0.1, 0.15) is 0 Å². The fraction of sp³-hybridized carbons (Fsp3) is 0. The fourth-order valence-electron chi connectivity index (χ4n) is 7.93. The third-order valence-electron chi connectivity index (χ3n) is 10.7. The quantitative estimate of drug-likeness (QED) is 0.166. The highest BCUT2D eigenvalue weighted by Gasteiger charge is 2.19. The SMILES string of the molecule is c1ccc(-c2ccc(-c3cccc4c3nc(-c3cccc(-c5ccc6ccc7ccc(-c8ccccc8)nc7c6n5)c3)c3sc5ccccc5c34)cc2)cc1. The summed E-state index contributed by atoms with van der Waals surface area (Å²) in [5.74, 6) is 0. The van der Waals surface area contributed by atoms with E-state index in [-0.39, 0.29) is 0 Å². The maximum atomic E-state index is 5.57. The minimum atomic E-state index is 0.900. The number of hydrogen-bond acceptors (Lipinski definition) is 4.